The van der Waals surface area contributed by atoms with E-state index in [-0.39, 0.29) is 0 Å². The average Bonchev–Trinajstić information content (AvgIpc) is 3.40. The molecule has 4 nitrogen and oxygen atoms in total. The van der Waals surface area contributed by atoms with Gasteiger partial charge in [-0.1, -0.05) is 133 Å². The maximum Gasteiger partial charge on any atom is 0.100 e. The minimum Gasteiger partial charge on any atom is -0.310 e. The van der Waals surface area contributed by atoms with E-state index in [1.165, 1.54) is 59.3 Å². The predicted octanol–water partition coefficient (Wildman–Crippen LogP) is 16.8. The number of benzene rings is 9. The highest BCUT2D eigenvalue weighted by molar-refractivity contribution is 6.10. The number of fused-ring (bicyclic) bond motifs is 4. The summed E-state index contributed by atoms with van der Waals surface area (Å²) >= 11 is 0. The molecule has 9 aromatic carbocycles. The monoisotopic (exact) mass is 874 g/mol. The van der Waals surface area contributed by atoms with Crippen molar-refractivity contribution in [3.05, 3.63) is 238 Å². The summed E-state index contributed by atoms with van der Waals surface area (Å²) in [7, 11) is 0. The van der Waals surface area contributed by atoms with Crippen molar-refractivity contribution in [1.82, 2.24) is 0 Å². The predicted molar refractivity (Wildman–Crippen MR) is 284 cm³/mol. The van der Waals surface area contributed by atoms with Crippen LogP contribution in [-0.2, 0) is 25.7 Å². The van der Waals surface area contributed by atoms with Crippen LogP contribution in [0.3, 0.4) is 0 Å². The topological polar surface area (TPSA) is 54.1 Å². The van der Waals surface area contributed by atoms with Crippen LogP contribution in [0.15, 0.2) is 182 Å². The second-order valence-corrected chi connectivity index (χ2v) is 18.0. The van der Waals surface area contributed by atoms with E-state index in [1.807, 2.05) is 36.4 Å². The van der Waals surface area contributed by atoms with Gasteiger partial charge in [-0.25, -0.2) is 0 Å². The van der Waals surface area contributed by atoms with Crippen molar-refractivity contribution >= 4 is 80.0 Å². The van der Waals surface area contributed by atoms with Gasteiger partial charge < -0.3 is 9.80 Å². The number of para-hydroxylation sites is 2. The third-order valence-corrected chi connectivity index (χ3v) is 13.9. The molecule has 0 unspecified atom stereocenters. The summed E-state index contributed by atoms with van der Waals surface area (Å²) in [5.74, 6) is 0. The van der Waals surface area contributed by atoms with Crippen molar-refractivity contribution in [3.8, 4) is 12.1 Å². The van der Waals surface area contributed by atoms with Crippen molar-refractivity contribution in [2.45, 2.75) is 51.4 Å². The molecule has 0 radical (unpaired) electrons. The molecule has 0 aromatic heterocycles. The molecule has 0 amide bonds. The van der Waals surface area contributed by atoms with Gasteiger partial charge >= 0.3 is 0 Å². The summed E-state index contributed by atoms with van der Waals surface area (Å²) in [5.41, 5.74) is 18.1. The maximum absolute atomic E-state index is 10.6. The first-order valence-electron chi connectivity index (χ1n) is 24.0. The Labute approximate surface area is 399 Å². The summed E-state index contributed by atoms with van der Waals surface area (Å²) in [5, 5.41) is 24.3. The smallest absolute Gasteiger partial charge is 0.100 e. The van der Waals surface area contributed by atoms with Crippen molar-refractivity contribution in [3.63, 3.8) is 0 Å². The molecule has 326 valence electrons. The Kier molecular flexibility index (Phi) is 11.7. The Bertz CT molecular complexity index is 3230. The van der Waals surface area contributed by atoms with Gasteiger partial charge in [-0.3, -0.25) is 0 Å². The highest BCUT2D eigenvalue weighted by Gasteiger charge is 2.22. The van der Waals surface area contributed by atoms with Gasteiger partial charge in [0.25, 0.3) is 0 Å². The fourth-order valence-corrected chi connectivity index (χ4v) is 10.5. The van der Waals surface area contributed by atoms with Crippen LogP contribution in [0, 0.1) is 22.7 Å². The van der Waals surface area contributed by atoms with Crippen LogP contribution in [0.25, 0.3) is 45.8 Å². The molecule has 0 atom stereocenters. The number of nitrogens with zero attached hydrogens (tertiary/aromatic N) is 4. The van der Waals surface area contributed by atoms with Crippen LogP contribution in [0.4, 0.5) is 34.1 Å². The number of nitriles is 2. The van der Waals surface area contributed by atoms with Gasteiger partial charge in [-0.2, -0.15) is 10.5 Å². The van der Waals surface area contributed by atoms with E-state index < -0.39 is 0 Å². The molecule has 0 aliphatic heterocycles. The van der Waals surface area contributed by atoms with Crippen molar-refractivity contribution < 1.29 is 0 Å². The first-order valence-corrected chi connectivity index (χ1v) is 24.0. The summed E-state index contributed by atoms with van der Waals surface area (Å²) < 4.78 is 0. The highest BCUT2D eigenvalue weighted by atomic mass is 15.1. The SMILES string of the molecule is N#Cc1c2ccc(C=Cc3ccc(N(c4ccccc4)c4cccc5c4CCCC5)cc3)cc2c(C#N)c2ccc(C=Cc3ccc(N(c4ccccc4)c4cccc5c4CCCC5)cc3)cc12. The third kappa shape index (κ3) is 8.23. The Morgan fingerprint density at radius 3 is 1.12 bits per heavy atom. The first-order chi connectivity index (χ1) is 33.6. The molecule has 0 heterocycles. The Morgan fingerprint density at radius 1 is 0.338 bits per heavy atom. The van der Waals surface area contributed by atoms with Crippen LogP contribution in [0.1, 0.15) is 81.3 Å². The van der Waals surface area contributed by atoms with E-state index in [2.05, 4.69) is 192 Å². The summed E-state index contributed by atoms with van der Waals surface area (Å²) in [6.07, 6.45) is 17.8. The zero-order valence-electron chi connectivity index (χ0n) is 38.1. The molecule has 2 aliphatic rings. The Balaban J connectivity index is 0.856. The van der Waals surface area contributed by atoms with Gasteiger partial charge in [0, 0.05) is 55.7 Å². The zero-order valence-corrected chi connectivity index (χ0v) is 38.1. The Morgan fingerprint density at radius 2 is 0.706 bits per heavy atom. The van der Waals surface area contributed by atoms with Gasteiger partial charge in [-0.05, 0) is 169 Å². The fourth-order valence-electron chi connectivity index (χ4n) is 10.5. The quantitative estimate of drug-likeness (QED) is 0.101. The van der Waals surface area contributed by atoms with Gasteiger partial charge in [0.2, 0.25) is 0 Å². The van der Waals surface area contributed by atoms with Crippen LogP contribution in [0.2, 0.25) is 0 Å². The van der Waals surface area contributed by atoms with E-state index in [4.69, 9.17) is 0 Å². The fraction of sp³-hybridized carbons (Fsp3) is 0.125. The van der Waals surface area contributed by atoms with E-state index >= 15 is 0 Å². The highest BCUT2D eigenvalue weighted by Crippen LogP contribution is 2.42. The minimum absolute atomic E-state index is 0.575. The lowest BCUT2D eigenvalue weighted by Gasteiger charge is -2.30. The van der Waals surface area contributed by atoms with Gasteiger partial charge in [0.1, 0.15) is 12.1 Å². The number of anilines is 6. The molecule has 0 saturated carbocycles. The Hall–Kier alpha value is -8.44. The number of hydrogen-bond acceptors (Lipinski definition) is 4. The standard InChI is InChI=1S/C64H50N4/c65-43-61-58-40-34-48(28-26-46-31-37-54(38-32-46)68(52-19-5-2-6-20-52)64-24-12-16-50-14-8-10-22-56(50)64)42-60(58)62(44-66)57-39-33-47(41-59(57)61)27-25-45-29-35-53(36-30-45)67(51-17-3-1-4-18-51)63-23-11-15-49-13-7-9-21-55(49)63/h1-6,11-12,15-20,23-42H,7-10,13-14,21-22H2. The number of rotatable bonds is 10. The molecule has 0 spiro atoms. The molecule has 0 saturated heterocycles. The summed E-state index contributed by atoms with van der Waals surface area (Å²) in [6.45, 7) is 0. The van der Waals surface area contributed by atoms with Gasteiger partial charge in [0.05, 0.1) is 11.1 Å². The number of aryl methyl sites for hydroxylation is 2. The summed E-state index contributed by atoms with van der Waals surface area (Å²) in [6, 6.07) is 69.3. The van der Waals surface area contributed by atoms with Crippen LogP contribution < -0.4 is 9.80 Å². The minimum atomic E-state index is 0.575. The van der Waals surface area contributed by atoms with E-state index in [0.717, 1.165) is 92.2 Å². The largest absolute Gasteiger partial charge is 0.310 e. The maximum atomic E-state index is 10.6. The van der Waals surface area contributed by atoms with Crippen molar-refractivity contribution in [2.24, 2.45) is 0 Å². The van der Waals surface area contributed by atoms with Crippen LogP contribution in [-0.4, -0.2) is 0 Å². The molecule has 0 bridgehead atoms. The van der Waals surface area contributed by atoms with E-state index in [9.17, 15) is 10.5 Å². The second-order valence-electron chi connectivity index (χ2n) is 18.0. The molecular weight excluding hydrogens is 825 g/mol. The summed E-state index contributed by atoms with van der Waals surface area (Å²) in [4.78, 5) is 4.77. The van der Waals surface area contributed by atoms with Crippen molar-refractivity contribution in [2.75, 3.05) is 9.80 Å². The normalized spacial score (nSPS) is 13.3. The van der Waals surface area contributed by atoms with E-state index in [1.54, 1.807) is 0 Å². The lowest BCUT2D eigenvalue weighted by molar-refractivity contribution is 0.686. The molecule has 0 fully saturated rings. The van der Waals surface area contributed by atoms with Crippen LogP contribution in [0.5, 0.6) is 0 Å². The van der Waals surface area contributed by atoms with Crippen LogP contribution >= 0.6 is 0 Å². The molecule has 9 aromatic rings. The lowest BCUT2D eigenvalue weighted by atomic mass is 9.90. The van der Waals surface area contributed by atoms with E-state index in [0.29, 0.717) is 11.1 Å². The first kappa shape index (κ1) is 42.2. The molecule has 2 aliphatic carbocycles. The molecule has 0 N–H and O–H groups in total. The lowest BCUT2D eigenvalue weighted by Crippen LogP contribution is -2.15. The molecule has 68 heavy (non-hydrogen) atoms. The molecular formula is C64H50N4. The zero-order chi connectivity index (χ0) is 45.8. The number of hydrogen-bond donors (Lipinski definition) is 0. The van der Waals surface area contributed by atoms with Crippen molar-refractivity contribution in [1.29, 1.82) is 10.5 Å². The molecule has 4 heteroatoms. The third-order valence-electron chi connectivity index (χ3n) is 13.9. The average molecular weight is 875 g/mol. The second kappa shape index (κ2) is 18.8. The molecule has 11 rings (SSSR count). The van der Waals surface area contributed by atoms with Gasteiger partial charge in [0.15, 0.2) is 0 Å². The van der Waals surface area contributed by atoms with Gasteiger partial charge in [-0.15, -0.1) is 0 Å².